The molecule has 2 aromatic rings. The van der Waals surface area contributed by atoms with Crippen LogP contribution in [0.2, 0.25) is 5.02 Å². The van der Waals surface area contributed by atoms with Crippen LogP contribution in [-0.4, -0.2) is 11.0 Å². The first kappa shape index (κ1) is 10.4. The van der Waals surface area contributed by atoms with Crippen molar-refractivity contribution < 1.29 is 0 Å². The van der Waals surface area contributed by atoms with E-state index in [0.717, 1.165) is 21.4 Å². The third kappa shape index (κ3) is 1.42. The summed E-state index contributed by atoms with van der Waals surface area (Å²) in [6.07, 6.45) is 3.64. The van der Waals surface area contributed by atoms with Gasteiger partial charge in [0.25, 0.3) is 0 Å². The average Bonchev–Trinajstić information content (AvgIpc) is 2.82. The van der Waals surface area contributed by atoms with Gasteiger partial charge < -0.3 is 10.3 Å². The van der Waals surface area contributed by atoms with E-state index in [1.165, 1.54) is 29.5 Å². The van der Waals surface area contributed by atoms with E-state index < -0.39 is 0 Å². The van der Waals surface area contributed by atoms with Crippen molar-refractivity contribution in [3.8, 4) is 0 Å². The van der Waals surface area contributed by atoms with Crippen LogP contribution >= 0.6 is 27.5 Å². The van der Waals surface area contributed by atoms with Gasteiger partial charge in [-0.15, -0.1) is 0 Å². The van der Waals surface area contributed by atoms with Crippen LogP contribution in [0.5, 0.6) is 0 Å². The van der Waals surface area contributed by atoms with Crippen LogP contribution in [0, 0.1) is 0 Å². The van der Waals surface area contributed by atoms with Crippen LogP contribution in [-0.2, 0) is 6.42 Å². The quantitative estimate of drug-likeness (QED) is 0.758. The molecule has 2 N–H and O–H groups in total. The van der Waals surface area contributed by atoms with E-state index in [9.17, 15) is 0 Å². The number of halogens is 2. The van der Waals surface area contributed by atoms with E-state index in [-0.39, 0.29) is 0 Å². The zero-order valence-corrected chi connectivity index (χ0v) is 11.5. The summed E-state index contributed by atoms with van der Waals surface area (Å²) < 4.78 is 1.05. The van der Waals surface area contributed by atoms with Crippen molar-refractivity contribution >= 4 is 38.4 Å². The Morgan fingerprint density at radius 2 is 2.18 bits per heavy atom. The van der Waals surface area contributed by atoms with E-state index in [1.807, 2.05) is 6.07 Å². The Morgan fingerprint density at radius 1 is 1.29 bits per heavy atom. The van der Waals surface area contributed by atoms with Gasteiger partial charge in [-0.25, -0.2) is 0 Å². The summed E-state index contributed by atoms with van der Waals surface area (Å²) >= 11 is 9.83. The maximum Gasteiger partial charge on any atom is 0.0658 e. The molecule has 88 valence electrons. The molecule has 0 amide bonds. The largest absolute Gasteiger partial charge is 0.357 e. The smallest absolute Gasteiger partial charge is 0.0658 e. The van der Waals surface area contributed by atoms with Gasteiger partial charge in [0.15, 0.2) is 0 Å². The first-order valence-corrected chi connectivity index (χ1v) is 7.15. The monoisotopic (exact) mass is 310 g/mol. The lowest BCUT2D eigenvalue weighted by atomic mass is 9.99. The predicted molar refractivity (Wildman–Crippen MR) is 73.6 cm³/mol. The first-order chi connectivity index (χ1) is 8.22. The van der Waals surface area contributed by atoms with Crippen LogP contribution in [0.3, 0.4) is 0 Å². The average molecular weight is 312 g/mol. The van der Waals surface area contributed by atoms with E-state index >= 15 is 0 Å². The number of hydrogen-bond acceptors (Lipinski definition) is 1. The minimum atomic E-state index is 0.517. The molecule has 2 aliphatic rings. The fraction of sp³-hybridized carbons (Fsp3) is 0.385. The van der Waals surface area contributed by atoms with Crippen LogP contribution in [0.4, 0.5) is 0 Å². The van der Waals surface area contributed by atoms with Gasteiger partial charge in [0.05, 0.1) is 10.5 Å². The summed E-state index contributed by atoms with van der Waals surface area (Å²) in [7, 11) is 0. The fourth-order valence-corrected chi connectivity index (χ4v) is 4.16. The second-order valence-corrected chi connectivity index (χ2v) is 6.35. The van der Waals surface area contributed by atoms with Crippen molar-refractivity contribution in [2.75, 3.05) is 0 Å². The molecule has 0 radical (unpaired) electrons. The summed E-state index contributed by atoms with van der Waals surface area (Å²) in [4.78, 5) is 3.52. The second kappa shape index (κ2) is 3.50. The molecule has 17 heavy (non-hydrogen) atoms. The number of benzene rings is 1. The lowest BCUT2D eigenvalue weighted by Crippen LogP contribution is -2.31. The van der Waals surface area contributed by atoms with E-state index in [0.29, 0.717) is 12.1 Å². The molecule has 4 rings (SSSR count). The molecule has 0 spiro atoms. The lowest BCUT2D eigenvalue weighted by molar-refractivity contribution is 0.513. The number of fused-ring (bicyclic) bond motifs is 6. The zero-order valence-electron chi connectivity index (χ0n) is 9.19. The Kier molecular flexibility index (Phi) is 2.14. The number of aromatic nitrogens is 1. The lowest BCUT2D eigenvalue weighted by Gasteiger charge is -2.21. The van der Waals surface area contributed by atoms with Gasteiger partial charge in [-0.05, 0) is 30.5 Å². The molecular formula is C13H12BrClN2. The first-order valence-electron chi connectivity index (χ1n) is 5.98. The summed E-state index contributed by atoms with van der Waals surface area (Å²) in [5.74, 6) is 0. The molecule has 2 unspecified atom stereocenters. The molecule has 4 heteroatoms. The molecule has 3 heterocycles. The maximum absolute atomic E-state index is 6.30. The molecule has 1 aromatic carbocycles. The molecule has 2 bridgehead atoms. The third-order valence-corrected chi connectivity index (χ3v) is 4.74. The number of nitrogens with one attached hydrogen (secondary N) is 2. The normalized spacial score (nSPS) is 26.5. The van der Waals surface area contributed by atoms with E-state index in [4.69, 9.17) is 11.6 Å². The molecule has 2 nitrogen and oxygen atoms in total. The molecule has 2 atom stereocenters. The van der Waals surface area contributed by atoms with Crippen molar-refractivity contribution in [2.24, 2.45) is 0 Å². The highest BCUT2D eigenvalue weighted by Crippen LogP contribution is 2.42. The van der Waals surface area contributed by atoms with Crippen molar-refractivity contribution in [3.05, 3.63) is 32.9 Å². The van der Waals surface area contributed by atoms with Gasteiger partial charge >= 0.3 is 0 Å². The van der Waals surface area contributed by atoms with Gasteiger partial charge in [-0.3, -0.25) is 0 Å². The van der Waals surface area contributed by atoms with E-state index in [2.05, 4.69) is 32.3 Å². The Balaban J connectivity index is 2.06. The Morgan fingerprint density at radius 3 is 3.06 bits per heavy atom. The van der Waals surface area contributed by atoms with E-state index in [1.54, 1.807) is 0 Å². The highest BCUT2D eigenvalue weighted by Gasteiger charge is 2.34. The minimum absolute atomic E-state index is 0.517. The number of hydrogen-bond donors (Lipinski definition) is 2. The summed E-state index contributed by atoms with van der Waals surface area (Å²) in [6.45, 7) is 0. The van der Waals surface area contributed by atoms with Crippen molar-refractivity contribution in [1.29, 1.82) is 0 Å². The SMILES string of the molecule is Clc1cc(Br)cc2c3c([nH]c12)CC1CCC3N1. The van der Waals surface area contributed by atoms with Crippen LogP contribution in [0.15, 0.2) is 16.6 Å². The molecule has 2 aliphatic heterocycles. The number of aromatic amines is 1. The topological polar surface area (TPSA) is 27.8 Å². The molecular weight excluding hydrogens is 300 g/mol. The Labute approximate surface area is 113 Å². The van der Waals surface area contributed by atoms with Gasteiger partial charge in [0.1, 0.15) is 0 Å². The van der Waals surface area contributed by atoms with Gasteiger partial charge in [0.2, 0.25) is 0 Å². The van der Waals surface area contributed by atoms with Crippen molar-refractivity contribution in [2.45, 2.75) is 31.3 Å². The molecule has 1 fully saturated rings. The zero-order chi connectivity index (χ0) is 11.6. The van der Waals surface area contributed by atoms with Crippen molar-refractivity contribution in [1.82, 2.24) is 10.3 Å². The standard InChI is InChI=1S/C13H12BrClN2/c14-6-3-8-12-10-2-1-7(16-10)5-11(12)17-13(8)9(15)4-6/h3-4,7,10,16-17H,1-2,5H2. The predicted octanol–water partition coefficient (Wildman–Crippen LogP) is 3.93. The molecule has 0 saturated carbocycles. The van der Waals surface area contributed by atoms with Gasteiger partial charge in [0, 0.05) is 34.1 Å². The highest BCUT2D eigenvalue weighted by molar-refractivity contribution is 9.10. The fourth-order valence-electron chi connectivity index (χ4n) is 3.31. The van der Waals surface area contributed by atoms with Crippen LogP contribution in [0.25, 0.3) is 10.9 Å². The minimum Gasteiger partial charge on any atom is -0.357 e. The summed E-state index contributed by atoms with van der Waals surface area (Å²) in [6, 6.07) is 5.31. The van der Waals surface area contributed by atoms with Crippen molar-refractivity contribution in [3.63, 3.8) is 0 Å². The molecule has 0 aliphatic carbocycles. The maximum atomic E-state index is 6.30. The number of rotatable bonds is 0. The summed E-state index contributed by atoms with van der Waals surface area (Å²) in [5, 5.41) is 5.77. The Bertz CT molecular complexity index is 619. The van der Waals surface area contributed by atoms with Crippen LogP contribution in [0.1, 0.15) is 30.1 Å². The Hall–Kier alpha value is -0.510. The molecule has 1 saturated heterocycles. The van der Waals surface area contributed by atoms with Crippen LogP contribution < -0.4 is 5.32 Å². The second-order valence-electron chi connectivity index (χ2n) is 5.03. The summed E-state index contributed by atoms with van der Waals surface area (Å²) in [5.41, 5.74) is 3.91. The highest BCUT2D eigenvalue weighted by atomic mass is 79.9. The molecule has 1 aromatic heterocycles. The van der Waals surface area contributed by atoms with Gasteiger partial charge in [-0.1, -0.05) is 27.5 Å². The third-order valence-electron chi connectivity index (χ3n) is 3.99. The number of H-pyrrole nitrogens is 1. The van der Waals surface area contributed by atoms with Gasteiger partial charge in [-0.2, -0.15) is 0 Å².